The fraction of sp³-hybridized carbons (Fsp3) is 1.00. The fourth-order valence-corrected chi connectivity index (χ4v) is 2.93. The third-order valence-corrected chi connectivity index (χ3v) is 4.38. The van der Waals surface area contributed by atoms with Gasteiger partial charge in [0.1, 0.15) is 0 Å². The summed E-state index contributed by atoms with van der Waals surface area (Å²) in [6.07, 6.45) is 9.15. The van der Waals surface area contributed by atoms with Gasteiger partial charge in [-0.2, -0.15) is 0 Å². The van der Waals surface area contributed by atoms with Crippen molar-refractivity contribution in [3.63, 3.8) is 0 Å². The molecule has 0 aromatic heterocycles. The van der Waals surface area contributed by atoms with E-state index in [1.54, 1.807) is 7.11 Å². The van der Waals surface area contributed by atoms with Crippen LogP contribution >= 0.6 is 0 Å². The quantitative estimate of drug-likeness (QED) is 0.753. The molecular weight excluding hydrogens is 202 g/mol. The first-order chi connectivity index (χ1) is 7.68. The average Bonchev–Trinajstić information content (AvgIpc) is 2.23. The van der Waals surface area contributed by atoms with Crippen LogP contribution in [0.2, 0.25) is 0 Å². The van der Waals surface area contributed by atoms with Crippen LogP contribution in [-0.2, 0) is 4.74 Å². The Kier molecular flexibility index (Phi) is 3.88. The van der Waals surface area contributed by atoms with Crippen LogP contribution in [0.25, 0.3) is 0 Å². The number of aliphatic hydroxyl groups is 1. The van der Waals surface area contributed by atoms with Gasteiger partial charge in [0.05, 0.1) is 11.2 Å². The van der Waals surface area contributed by atoms with Gasteiger partial charge in [-0.15, -0.1) is 0 Å². The lowest BCUT2D eigenvalue weighted by Crippen LogP contribution is -2.51. The highest BCUT2D eigenvalue weighted by Gasteiger charge is 2.37. The molecular formula is C13H25NO2. The molecule has 2 N–H and O–H groups in total. The lowest BCUT2D eigenvalue weighted by Gasteiger charge is -2.42. The molecule has 0 bridgehead atoms. The van der Waals surface area contributed by atoms with Crippen LogP contribution in [0.4, 0.5) is 0 Å². The highest BCUT2D eigenvalue weighted by Crippen LogP contribution is 2.34. The second-order valence-corrected chi connectivity index (χ2v) is 5.63. The molecule has 3 heteroatoms. The normalized spacial score (nSPS) is 27.4. The van der Waals surface area contributed by atoms with Crippen LogP contribution in [0.1, 0.15) is 51.4 Å². The summed E-state index contributed by atoms with van der Waals surface area (Å²) >= 11 is 0. The Morgan fingerprint density at radius 3 is 2.19 bits per heavy atom. The van der Waals surface area contributed by atoms with Gasteiger partial charge < -0.3 is 15.2 Å². The fourth-order valence-electron chi connectivity index (χ4n) is 2.93. The van der Waals surface area contributed by atoms with Gasteiger partial charge in [-0.3, -0.25) is 0 Å². The van der Waals surface area contributed by atoms with E-state index in [4.69, 9.17) is 4.74 Å². The van der Waals surface area contributed by atoms with E-state index in [9.17, 15) is 5.11 Å². The van der Waals surface area contributed by atoms with Crippen molar-refractivity contribution in [2.75, 3.05) is 20.2 Å². The molecule has 0 aliphatic heterocycles. The Morgan fingerprint density at radius 1 is 1.00 bits per heavy atom. The monoisotopic (exact) mass is 227 g/mol. The molecule has 0 aromatic carbocycles. The Morgan fingerprint density at radius 2 is 1.69 bits per heavy atom. The van der Waals surface area contributed by atoms with Crippen molar-refractivity contribution in [2.45, 2.75) is 62.6 Å². The molecule has 0 unspecified atom stereocenters. The maximum absolute atomic E-state index is 10.3. The molecule has 0 radical (unpaired) electrons. The van der Waals surface area contributed by atoms with Crippen LogP contribution in [0, 0.1) is 0 Å². The maximum atomic E-state index is 10.3. The van der Waals surface area contributed by atoms with Gasteiger partial charge in [0.25, 0.3) is 0 Å². The Hall–Kier alpha value is -0.120. The first kappa shape index (κ1) is 12.3. The molecule has 0 heterocycles. The zero-order chi connectivity index (χ0) is 11.5. The van der Waals surface area contributed by atoms with E-state index in [1.807, 2.05) is 0 Å². The number of hydrogen-bond donors (Lipinski definition) is 2. The van der Waals surface area contributed by atoms with Crippen LogP contribution < -0.4 is 5.32 Å². The molecule has 2 rings (SSSR count). The number of nitrogens with one attached hydrogen (secondary N) is 1. The molecule has 94 valence electrons. The van der Waals surface area contributed by atoms with E-state index >= 15 is 0 Å². The van der Waals surface area contributed by atoms with E-state index in [-0.39, 0.29) is 5.60 Å². The largest absolute Gasteiger partial charge is 0.389 e. The van der Waals surface area contributed by atoms with E-state index in [1.165, 1.54) is 25.7 Å². The summed E-state index contributed by atoms with van der Waals surface area (Å²) in [6, 6.07) is 0. The first-order valence-corrected chi connectivity index (χ1v) is 6.66. The number of hydrogen-bond acceptors (Lipinski definition) is 3. The number of rotatable bonds is 5. The van der Waals surface area contributed by atoms with Crippen LogP contribution in [-0.4, -0.2) is 36.5 Å². The van der Waals surface area contributed by atoms with Crippen molar-refractivity contribution >= 4 is 0 Å². The minimum absolute atomic E-state index is 0.0744. The predicted octanol–water partition coefficient (Wildman–Crippen LogP) is 1.84. The molecule has 2 saturated carbocycles. The van der Waals surface area contributed by atoms with Gasteiger partial charge >= 0.3 is 0 Å². The summed E-state index contributed by atoms with van der Waals surface area (Å²) in [5.74, 6) is 0. The number of methoxy groups -OCH3 is 1. The first-order valence-electron chi connectivity index (χ1n) is 6.66. The van der Waals surface area contributed by atoms with E-state index < -0.39 is 5.60 Å². The molecule has 0 atom stereocenters. The maximum Gasteiger partial charge on any atom is 0.0802 e. The highest BCUT2D eigenvalue weighted by atomic mass is 16.5. The third kappa shape index (κ3) is 2.76. The molecule has 2 aliphatic rings. The Balaban J connectivity index is 1.70. The lowest BCUT2D eigenvalue weighted by atomic mass is 9.79. The number of ether oxygens (including phenoxy) is 1. The van der Waals surface area contributed by atoms with Crippen molar-refractivity contribution in [1.82, 2.24) is 5.32 Å². The van der Waals surface area contributed by atoms with Crippen molar-refractivity contribution in [2.24, 2.45) is 0 Å². The summed E-state index contributed by atoms with van der Waals surface area (Å²) in [6.45, 7) is 1.63. The van der Waals surface area contributed by atoms with Gasteiger partial charge in [-0.05, 0) is 32.1 Å². The SMILES string of the molecule is COC1(CNCC2(O)CCCCC2)CCC1. The van der Waals surface area contributed by atoms with Crippen LogP contribution in [0.15, 0.2) is 0 Å². The van der Waals surface area contributed by atoms with Crippen molar-refractivity contribution in [3.8, 4) is 0 Å². The van der Waals surface area contributed by atoms with Gasteiger partial charge in [0.2, 0.25) is 0 Å². The van der Waals surface area contributed by atoms with Crippen molar-refractivity contribution in [3.05, 3.63) is 0 Å². The lowest BCUT2D eigenvalue weighted by molar-refractivity contribution is -0.0744. The molecule has 0 amide bonds. The molecule has 0 spiro atoms. The minimum atomic E-state index is -0.447. The molecule has 3 nitrogen and oxygen atoms in total. The van der Waals surface area contributed by atoms with Gasteiger partial charge in [-0.1, -0.05) is 19.3 Å². The Labute approximate surface area is 98.6 Å². The average molecular weight is 227 g/mol. The van der Waals surface area contributed by atoms with Gasteiger partial charge in [-0.25, -0.2) is 0 Å². The second-order valence-electron chi connectivity index (χ2n) is 5.63. The van der Waals surface area contributed by atoms with Crippen LogP contribution in [0.5, 0.6) is 0 Å². The summed E-state index contributed by atoms with van der Waals surface area (Å²) < 4.78 is 5.55. The Bertz CT molecular complexity index is 214. The molecule has 16 heavy (non-hydrogen) atoms. The van der Waals surface area contributed by atoms with Crippen molar-refractivity contribution in [1.29, 1.82) is 0 Å². The highest BCUT2D eigenvalue weighted by molar-refractivity contribution is 4.93. The minimum Gasteiger partial charge on any atom is -0.389 e. The predicted molar refractivity (Wildman–Crippen MR) is 64.5 cm³/mol. The van der Waals surface area contributed by atoms with E-state index in [0.717, 1.165) is 38.8 Å². The summed E-state index contributed by atoms with van der Waals surface area (Å²) in [5, 5.41) is 13.7. The second kappa shape index (κ2) is 5.03. The van der Waals surface area contributed by atoms with E-state index in [2.05, 4.69) is 5.32 Å². The van der Waals surface area contributed by atoms with Crippen LogP contribution in [0.3, 0.4) is 0 Å². The molecule has 2 aliphatic carbocycles. The summed E-state index contributed by atoms with van der Waals surface area (Å²) in [4.78, 5) is 0. The van der Waals surface area contributed by atoms with E-state index in [0.29, 0.717) is 0 Å². The zero-order valence-electron chi connectivity index (χ0n) is 10.4. The topological polar surface area (TPSA) is 41.5 Å². The molecule has 0 saturated heterocycles. The third-order valence-electron chi connectivity index (χ3n) is 4.38. The van der Waals surface area contributed by atoms with Gasteiger partial charge in [0, 0.05) is 20.2 Å². The smallest absolute Gasteiger partial charge is 0.0802 e. The van der Waals surface area contributed by atoms with Crippen molar-refractivity contribution < 1.29 is 9.84 Å². The molecule has 2 fully saturated rings. The molecule has 0 aromatic rings. The van der Waals surface area contributed by atoms with Gasteiger partial charge in [0.15, 0.2) is 0 Å². The summed E-state index contributed by atoms with van der Waals surface area (Å²) in [5.41, 5.74) is -0.373. The summed E-state index contributed by atoms with van der Waals surface area (Å²) in [7, 11) is 1.80. The zero-order valence-corrected chi connectivity index (χ0v) is 10.4. The standard InChI is InChI=1S/C13H25NO2/c1-16-13(8-5-9-13)11-14-10-12(15)6-3-2-4-7-12/h14-15H,2-11H2,1H3.